The van der Waals surface area contributed by atoms with E-state index in [1.807, 2.05) is 6.92 Å². The number of carbonyl (C=O) groups is 1. The van der Waals surface area contributed by atoms with Gasteiger partial charge in [-0.05, 0) is 24.6 Å². The van der Waals surface area contributed by atoms with Crippen molar-refractivity contribution in [3.05, 3.63) is 34.6 Å². The second-order valence-electron chi connectivity index (χ2n) is 3.63. The maximum atomic E-state index is 11.8. The van der Waals surface area contributed by atoms with Crippen molar-refractivity contribution in [1.82, 2.24) is 10.3 Å². The van der Waals surface area contributed by atoms with Crippen molar-refractivity contribution >= 4 is 23.2 Å². The van der Waals surface area contributed by atoms with Gasteiger partial charge in [-0.2, -0.15) is 0 Å². The first kappa shape index (κ1) is 11.1. The van der Waals surface area contributed by atoms with E-state index in [0.717, 1.165) is 24.2 Å². The molecule has 5 heteroatoms. The van der Waals surface area contributed by atoms with Gasteiger partial charge in [0.05, 0.1) is 5.69 Å². The predicted octanol–water partition coefficient (Wildman–Crippen LogP) is 1.59. The van der Waals surface area contributed by atoms with Crippen LogP contribution in [0, 0.1) is 0 Å². The van der Waals surface area contributed by atoms with E-state index >= 15 is 0 Å². The summed E-state index contributed by atoms with van der Waals surface area (Å²) < 4.78 is 0. The molecule has 0 aliphatic carbocycles. The lowest BCUT2D eigenvalue weighted by molar-refractivity contribution is -0.112. The quantitative estimate of drug-likeness (QED) is 0.607. The number of aromatic nitrogens is 1. The van der Waals surface area contributed by atoms with Crippen molar-refractivity contribution in [2.75, 3.05) is 18.4 Å². The molecule has 2 rings (SSSR count). The minimum atomic E-state index is -0.119. The van der Waals surface area contributed by atoms with E-state index in [0.29, 0.717) is 10.8 Å². The fraction of sp³-hybridized carbons (Fsp3) is 0.273. The van der Waals surface area contributed by atoms with Crippen molar-refractivity contribution in [2.24, 2.45) is 0 Å². The van der Waals surface area contributed by atoms with Crippen LogP contribution < -0.4 is 10.6 Å². The lowest BCUT2D eigenvalue weighted by atomic mass is 10.0. The molecule has 0 aromatic carbocycles. The first-order valence-corrected chi connectivity index (χ1v) is 5.37. The Bertz CT molecular complexity index is 450. The molecule has 4 nitrogen and oxygen atoms in total. The number of halogens is 1. The Morgan fingerprint density at radius 2 is 2.31 bits per heavy atom. The molecule has 0 unspecified atom stereocenters. The summed E-state index contributed by atoms with van der Waals surface area (Å²) in [5.41, 5.74) is 2.43. The van der Waals surface area contributed by atoms with E-state index < -0.39 is 0 Å². The molecule has 2 heterocycles. The molecule has 1 saturated heterocycles. The highest BCUT2D eigenvalue weighted by molar-refractivity contribution is 6.32. The molecule has 0 saturated carbocycles. The molecule has 2 N–H and O–H groups in total. The van der Waals surface area contributed by atoms with Gasteiger partial charge < -0.3 is 10.6 Å². The third-order valence-corrected chi connectivity index (χ3v) is 2.86. The highest BCUT2D eigenvalue weighted by Crippen LogP contribution is 2.19. The number of hydrogen-bond donors (Lipinski definition) is 2. The Kier molecular flexibility index (Phi) is 3.22. The molecule has 1 amide bonds. The molecule has 0 radical (unpaired) electrons. The number of amides is 1. The van der Waals surface area contributed by atoms with Crippen LogP contribution in [0.3, 0.4) is 0 Å². The molecule has 1 fully saturated rings. The van der Waals surface area contributed by atoms with Crippen LogP contribution in [-0.2, 0) is 4.79 Å². The molecule has 1 aromatic rings. The van der Waals surface area contributed by atoms with Gasteiger partial charge in [0.15, 0.2) is 5.15 Å². The van der Waals surface area contributed by atoms with Gasteiger partial charge in [0, 0.05) is 24.9 Å². The zero-order chi connectivity index (χ0) is 11.5. The molecular weight excluding hydrogens is 226 g/mol. The molecular formula is C11H12ClN3O. The number of nitrogens with zero attached hydrogens (tertiary/aromatic N) is 1. The smallest absolute Gasteiger partial charge is 0.251 e. The van der Waals surface area contributed by atoms with Crippen LogP contribution in [0.15, 0.2) is 29.5 Å². The Hall–Kier alpha value is -1.39. The lowest BCUT2D eigenvalue weighted by Gasteiger charge is -2.21. The molecule has 0 bridgehead atoms. The van der Waals surface area contributed by atoms with Gasteiger partial charge in [0.1, 0.15) is 0 Å². The van der Waals surface area contributed by atoms with Crippen LogP contribution >= 0.6 is 11.6 Å². The highest BCUT2D eigenvalue weighted by Gasteiger charge is 2.16. The SMILES string of the molecule is CC(C(=O)Nc1cccnc1Cl)=C1CNC1. The summed E-state index contributed by atoms with van der Waals surface area (Å²) in [5, 5.41) is 6.14. The Balaban J connectivity index is 2.11. The number of anilines is 1. The Labute approximate surface area is 98.7 Å². The zero-order valence-electron chi connectivity index (χ0n) is 8.88. The molecule has 0 atom stereocenters. The molecule has 16 heavy (non-hydrogen) atoms. The first-order chi connectivity index (χ1) is 7.68. The van der Waals surface area contributed by atoms with E-state index in [9.17, 15) is 4.79 Å². The summed E-state index contributed by atoms with van der Waals surface area (Å²) in [7, 11) is 0. The minimum Gasteiger partial charge on any atom is -0.320 e. The maximum Gasteiger partial charge on any atom is 0.251 e. The lowest BCUT2D eigenvalue weighted by Crippen LogP contribution is -2.36. The topological polar surface area (TPSA) is 54.0 Å². The van der Waals surface area contributed by atoms with Crippen molar-refractivity contribution < 1.29 is 4.79 Å². The molecule has 0 spiro atoms. The number of carbonyl (C=O) groups excluding carboxylic acids is 1. The normalized spacial score (nSPS) is 14.2. The summed E-state index contributed by atoms with van der Waals surface area (Å²) in [5.74, 6) is -0.119. The summed E-state index contributed by atoms with van der Waals surface area (Å²) in [6.45, 7) is 3.40. The van der Waals surface area contributed by atoms with Crippen LogP contribution in [0.25, 0.3) is 0 Å². The maximum absolute atomic E-state index is 11.8. The second-order valence-corrected chi connectivity index (χ2v) is 3.99. The van der Waals surface area contributed by atoms with Crippen LogP contribution in [0.2, 0.25) is 5.15 Å². The molecule has 1 aliphatic heterocycles. The van der Waals surface area contributed by atoms with Gasteiger partial charge in [-0.3, -0.25) is 4.79 Å². The third-order valence-electron chi connectivity index (χ3n) is 2.55. The summed E-state index contributed by atoms with van der Waals surface area (Å²) in [6, 6.07) is 3.46. The molecule has 84 valence electrons. The fourth-order valence-electron chi connectivity index (χ4n) is 1.37. The van der Waals surface area contributed by atoms with Gasteiger partial charge in [-0.25, -0.2) is 4.98 Å². The Morgan fingerprint density at radius 3 is 2.88 bits per heavy atom. The van der Waals surface area contributed by atoms with Crippen LogP contribution in [0.1, 0.15) is 6.92 Å². The summed E-state index contributed by atoms with van der Waals surface area (Å²) in [4.78, 5) is 15.7. The van der Waals surface area contributed by atoms with Gasteiger partial charge >= 0.3 is 0 Å². The van der Waals surface area contributed by atoms with Crippen molar-refractivity contribution in [2.45, 2.75) is 6.92 Å². The number of hydrogen-bond acceptors (Lipinski definition) is 3. The van der Waals surface area contributed by atoms with E-state index in [1.54, 1.807) is 18.3 Å². The summed E-state index contributed by atoms with van der Waals surface area (Å²) >= 11 is 5.85. The minimum absolute atomic E-state index is 0.119. The number of pyridine rings is 1. The van der Waals surface area contributed by atoms with Gasteiger partial charge in [-0.15, -0.1) is 0 Å². The standard InChI is InChI=1S/C11H12ClN3O/c1-7(8-5-13-6-8)11(16)15-9-3-2-4-14-10(9)12/h2-4,13H,5-6H2,1H3,(H,15,16). The predicted molar refractivity (Wildman–Crippen MR) is 63.4 cm³/mol. The first-order valence-electron chi connectivity index (χ1n) is 4.99. The van der Waals surface area contributed by atoms with E-state index in [4.69, 9.17) is 11.6 Å². The van der Waals surface area contributed by atoms with Gasteiger partial charge in [-0.1, -0.05) is 11.6 Å². The molecule has 1 aliphatic rings. The van der Waals surface area contributed by atoms with Crippen molar-refractivity contribution in [1.29, 1.82) is 0 Å². The monoisotopic (exact) mass is 237 g/mol. The van der Waals surface area contributed by atoms with E-state index in [1.165, 1.54) is 0 Å². The van der Waals surface area contributed by atoms with Crippen molar-refractivity contribution in [3.8, 4) is 0 Å². The molecule has 1 aromatic heterocycles. The largest absolute Gasteiger partial charge is 0.320 e. The van der Waals surface area contributed by atoms with Crippen LogP contribution in [0.5, 0.6) is 0 Å². The Morgan fingerprint density at radius 1 is 1.56 bits per heavy atom. The van der Waals surface area contributed by atoms with Gasteiger partial charge in [0.2, 0.25) is 0 Å². The highest BCUT2D eigenvalue weighted by atomic mass is 35.5. The fourth-order valence-corrected chi connectivity index (χ4v) is 1.54. The van der Waals surface area contributed by atoms with Crippen LogP contribution in [-0.4, -0.2) is 24.0 Å². The average Bonchev–Trinajstić information content (AvgIpc) is 2.18. The van der Waals surface area contributed by atoms with Gasteiger partial charge in [0.25, 0.3) is 5.91 Å². The van der Waals surface area contributed by atoms with Crippen molar-refractivity contribution in [3.63, 3.8) is 0 Å². The van der Waals surface area contributed by atoms with E-state index in [-0.39, 0.29) is 5.91 Å². The third kappa shape index (κ3) is 2.23. The average molecular weight is 238 g/mol. The van der Waals surface area contributed by atoms with Crippen LogP contribution in [0.4, 0.5) is 5.69 Å². The number of rotatable bonds is 2. The second kappa shape index (κ2) is 4.63. The number of nitrogens with one attached hydrogen (secondary N) is 2. The zero-order valence-corrected chi connectivity index (χ0v) is 9.64. The van der Waals surface area contributed by atoms with E-state index in [2.05, 4.69) is 15.6 Å². The summed E-state index contributed by atoms with van der Waals surface area (Å²) in [6.07, 6.45) is 1.58.